The van der Waals surface area contributed by atoms with Crippen LogP contribution >= 0.6 is 12.2 Å². The van der Waals surface area contributed by atoms with E-state index in [0.29, 0.717) is 29.2 Å². The summed E-state index contributed by atoms with van der Waals surface area (Å²) >= 11 is 5.28. The van der Waals surface area contributed by atoms with Gasteiger partial charge in [-0.2, -0.15) is 0 Å². The first-order valence-electron chi connectivity index (χ1n) is 10.3. The molecule has 7 heteroatoms. The van der Waals surface area contributed by atoms with Crippen molar-refractivity contribution >= 4 is 34.8 Å². The number of carbonyl (C=O) groups is 2. The van der Waals surface area contributed by atoms with Crippen molar-refractivity contribution in [2.75, 3.05) is 11.9 Å². The van der Waals surface area contributed by atoms with Crippen LogP contribution in [0.3, 0.4) is 0 Å². The molecule has 0 aromatic heterocycles. The van der Waals surface area contributed by atoms with E-state index >= 15 is 0 Å². The number of amides is 2. The van der Waals surface area contributed by atoms with Gasteiger partial charge in [-0.3, -0.25) is 14.9 Å². The van der Waals surface area contributed by atoms with Crippen molar-refractivity contribution in [2.45, 2.75) is 19.9 Å². The fraction of sp³-hybridized carbons (Fsp3) is 0.160. The van der Waals surface area contributed by atoms with Gasteiger partial charge in [0.25, 0.3) is 11.8 Å². The van der Waals surface area contributed by atoms with Crippen molar-refractivity contribution in [3.63, 3.8) is 0 Å². The second-order valence-electron chi connectivity index (χ2n) is 7.02. The van der Waals surface area contributed by atoms with Gasteiger partial charge in [0.15, 0.2) is 5.11 Å². The Morgan fingerprint density at radius 3 is 2.41 bits per heavy atom. The lowest BCUT2D eigenvalue weighted by Gasteiger charge is -2.15. The van der Waals surface area contributed by atoms with E-state index in [2.05, 4.69) is 16.0 Å². The van der Waals surface area contributed by atoms with Crippen LogP contribution in [0.15, 0.2) is 78.9 Å². The summed E-state index contributed by atoms with van der Waals surface area (Å²) in [6.45, 7) is 4.23. The summed E-state index contributed by atoms with van der Waals surface area (Å²) in [6.07, 6.45) is 0. The summed E-state index contributed by atoms with van der Waals surface area (Å²) in [5, 5.41) is 8.70. The lowest BCUT2D eigenvalue weighted by atomic mass is 10.1. The van der Waals surface area contributed by atoms with Gasteiger partial charge >= 0.3 is 0 Å². The van der Waals surface area contributed by atoms with Crippen LogP contribution in [0.5, 0.6) is 5.75 Å². The number of anilines is 1. The number of ether oxygens (including phenoxy) is 1. The number of para-hydroxylation sites is 1. The quantitative estimate of drug-likeness (QED) is 0.458. The third-order valence-corrected chi connectivity index (χ3v) is 4.89. The molecule has 0 radical (unpaired) electrons. The molecule has 32 heavy (non-hydrogen) atoms. The highest BCUT2D eigenvalue weighted by Gasteiger charge is 2.15. The normalized spacial score (nSPS) is 11.2. The van der Waals surface area contributed by atoms with E-state index in [-0.39, 0.29) is 23.0 Å². The Bertz CT molecular complexity index is 1100. The van der Waals surface area contributed by atoms with Gasteiger partial charge in [0.2, 0.25) is 0 Å². The molecule has 0 saturated heterocycles. The van der Waals surface area contributed by atoms with Gasteiger partial charge in [0.05, 0.1) is 18.2 Å². The summed E-state index contributed by atoms with van der Waals surface area (Å²) in [5.74, 6) is -0.0933. The molecule has 0 aliphatic heterocycles. The Kier molecular flexibility index (Phi) is 7.94. The zero-order valence-corrected chi connectivity index (χ0v) is 18.7. The Labute approximate surface area is 193 Å². The maximum atomic E-state index is 12.7. The van der Waals surface area contributed by atoms with E-state index in [1.54, 1.807) is 48.5 Å². The molecule has 2 amide bonds. The van der Waals surface area contributed by atoms with Crippen molar-refractivity contribution in [1.29, 1.82) is 0 Å². The Morgan fingerprint density at radius 1 is 0.938 bits per heavy atom. The van der Waals surface area contributed by atoms with Crippen LogP contribution in [0.1, 0.15) is 46.2 Å². The molecule has 3 N–H and O–H groups in total. The van der Waals surface area contributed by atoms with Gasteiger partial charge in [-0.15, -0.1) is 0 Å². The SMILES string of the molecule is CCOc1ccccc1C(=O)NC(=S)Nc1cccc(C(=O)NC(C)c2ccccc2)c1. The van der Waals surface area contributed by atoms with Crippen LogP contribution < -0.4 is 20.7 Å². The van der Waals surface area contributed by atoms with Crippen molar-refractivity contribution in [3.05, 3.63) is 95.6 Å². The van der Waals surface area contributed by atoms with Crippen LogP contribution in [0, 0.1) is 0 Å². The summed E-state index contributed by atoms with van der Waals surface area (Å²) in [4.78, 5) is 25.3. The first-order chi connectivity index (χ1) is 15.5. The molecule has 0 saturated carbocycles. The van der Waals surface area contributed by atoms with Gasteiger partial charge in [0, 0.05) is 11.3 Å². The van der Waals surface area contributed by atoms with E-state index in [1.807, 2.05) is 44.2 Å². The number of nitrogens with one attached hydrogen (secondary N) is 3. The van der Waals surface area contributed by atoms with Gasteiger partial charge in [-0.25, -0.2) is 0 Å². The predicted octanol–water partition coefficient (Wildman–Crippen LogP) is 4.70. The minimum absolute atomic E-state index is 0.122. The average Bonchev–Trinajstić information content (AvgIpc) is 2.80. The lowest BCUT2D eigenvalue weighted by Crippen LogP contribution is -2.34. The zero-order chi connectivity index (χ0) is 22.9. The van der Waals surface area contributed by atoms with Crippen LogP contribution in [-0.2, 0) is 0 Å². The second-order valence-corrected chi connectivity index (χ2v) is 7.43. The topological polar surface area (TPSA) is 79.5 Å². The monoisotopic (exact) mass is 447 g/mol. The lowest BCUT2D eigenvalue weighted by molar-refractivity contribution is 0.0937. The fourth-order valence-corrected chi connectivity index (χ4v) is 3.32. The first kappa shape index (κ1) is 23.0. The van der Waals surface area contributed by atoms with Crippen molar-refractivity contribution in [2.24, 2.45) is 0 Å². The van der Waals surface area contributed by atoms with Crippen LogP contribution in [0.4, 0.5) is 5.69 Å². The molecule has 0 bridgehead atoms. The maximum Gasteiger partial charge on any atom is 0.261 e. The molecule has 3 aromatic carbocycles. The third-order valence-electron chi connectivity index (χ3n) is 4.69. The summed E-state index contributed by atoms with van der Waals surface area (Å²) in [7, 11) is 0. The van der Waals surface area contributed by atoms with Crippen LogP contribution in [0.2, 0.25) is 0 Å². The third kappa shape index (κ3) is 6.15. The highest BCUT2D eigenvalue weighted by atomic mass is 32.1. The van der Waals surface area contributed by atoms with E-state index in [9.17, 15) is 9.59 Å². The summed E-state index contributed by atoms with van der Waals surface area (Å²) in [5.41, 5.74) is 2.48. The molecule has 0 spiro atoms. The van der Waals surface area contributed by atoms with Gasteiger partial charge < -0.3 is 15.4 Å². The summed E-state index contributed by atoms with van der Waals surface area (Å²) in [6, 6.07) is 23.5. The number of hydrogen-bond donors (Lipinski definition) is 3. The molecule has 0 aliphatic rings. The van der Waals surface area contributed by atoms with E-state index < -0.39 is 0 Å². The molecular weight excluding hydrogens is 422 g/mol. The smallest absolute Gasteiger partial charge is 0.261 e. The molecule has 6 nitrogen and oxygen atoms in total. The Hall–Kier alpha value is -3.71. The Balaban J connectivity index is 1.62. The van der Waals surface area contributed by atoms with Crippen molar-refractivity contribution < 1.29 is 14.3 Å². The van der Waals surface area contributed by atoms with E-state index in [1.165, 1.54) is 0 Å². The standard InChI is InChI=1S/C25H25N3O3S/c1-3-31-22-15-8-7-14-21(22)24(30)28-25(32)27-20-13-9-12-19(16-20)23(29)26-17(2)18-10-5-4-6-11-18/h4-17H,3H2,1-2H3,(H,26,29)(H2,27,28,30,32). The molecule has 3 rings (SSSR count). The second kappa shape index (κ2) is 11.1. The molecule has 3 aromatic rings. The number of rotatable bonds is 7. The maximum absolute atomic E-state index is 12.7. The van der Waals surface area contributed by atoms with Crippen molar-refractivity contribution in [1.82, 2.24) is 10.6 Å². The number of benzene rings is 3. The van der Waals surface area contributed by atoms with Gasteiger partial charge in [-0.05, 0) is 62.0 Å². The van der Waals surface area contributed by atoms with Crippen LogP contribution in [0.25, 0.3) is 0 Å². The molecule has 0 heterocycles. The van der Waals surface area contributed by atoms with Gasteiger partial charge in [-0.1, -0.05) is 48.5 Å². The predicted molar refractivity (Wildman–Crippen MR) is 130 cm³/mol. The minimum atomic E-state index is -0.378. The first-order valence-corrected chi connectivity index (χ1v) is 10.7. The van der Waals surface area contributed by atoms with E-state index in [4.69, 9.17) is 17.0 Å². The molecule has 0 fully saturated rings. The Morgan fingerprint density at radius 2 is 1.66 bits per heavy atom. The van der Waals surface area contributed by atoms with Gasteiger partial charge in [0.1, 0.15) is 5.75 Å². The number of thiocarbonyl (C=S) groups is 1. The molecule has 164 valence electrons. The summed E-state index contributed by atoms with van der Waals surface area (Å²) < 4.78 is 5.49. The molecule has 0 aliphatic carbocycles. The van der Waals surface area contributed by atoms with E-state index in [0.717, 1.165) is 5.56 Å². The molecular formula is C25H25N3O3S. The molecule has 1 atom stereocenters. The highest BCUT2D eigenvalue weighted by Crippen LogP contribution is 2.18. The average molecular weight is 448 g/mol. The molecule has 1 unspecified atom stereocenters. The number of hydrogen-bond acceptors (Lipinski definition) is 4. The fourth-order valence-electron chi connectivity index (χ4n) is 3.11. The highest BCUT2D eigenvalue weighted by molar-refractivity contribution is 7.80. The largest absolute Gasteiger partial charge is 0.493 e. The number of carbonyl (C=O) groups excluding carboxylic acids is 2. The zero-order valence-electron chi connectivity index (χ0n) is 17.9. The van der Waals surface area contributed by atoms with Crippen molar-refractivity contribution in [3.8, 4) is 5.75 Å². The van der Waals surface area contributed by atoms with Crippen LogP contribution in [-0.4, -0.2) is 23.5 Å². The minimum Gasteiger partial charge on any atom is -0.493 e.